The SMILES string of the molecule is CC(C)(CF)NS(C)(=O)=O. The Labute approximate surface area is 60.7 Å². The van der Waals surface area contributed by atoms with E-state index in [1.807, 2.05) is 0 Å². The molecule has 0 aliphatic heterocycles. The second-order valence-electron chi connectivity index (χ2n) is 2.89. The van der Waals surface area contributed by atoms with E-state index in [1.54, 1.807) is 0 Å². The molecule has 0 atom stereocenters. The summed E-state index contributed by atoms with van der Waals surface area (Å²) in [6.45, 7) is 2.25. The van der Waals surface area contributed by atoms with E-state index in [2.05, 4.69) is 4.72 Å². The molecule has 3 nitrogen and oxygen atoms in total. The Bertz CT molecular complexity index is 198. The fourth-order valence-electron chi connectivity index (χ4n) is 0.529. The Morgan fingerprint density at radius 3 is 2.00 bits per heavy atom. The fraction of sp³-hybridized carbons (Fsp3) is 1.00. The summed E-state index contributed by atoms with van der Waals surface area (Å²) in [4.78, 5) is 0. The highest BCUT2D eigenvalue weighted by Gasteiger charge is 2.21. The molecular weight excluding hydrogens is 157 g/mol. The molecule has 1 N–H and O–H groups in total. The van der Waals surface area contributed by atoms with Crippen LogP contribution in [-0.4, -0.2) is 26.9 Å². The maximum Gasteiger partial charge on any atom is 0.209 e. The summed E-state index contributed by atoms with van der Waals surface area (Å²) >= 11 is 0. The Morgan fingerprint density at radius 2 is 1.90 bits per heavy atom. The van der Waals surface area contributed by atoms with Crippen LogP contribution in [0.25, 0.3) is 0 Å². The largest absolute Gasteiger partial charge is 0.249 e. The van der Waals surface area contributed by atoms with Gasteiger partial charge in [0.15, 0.2) is 0 Å². The third-order valence-corrected chi connectivity index (χ3v) is 1.72. The average Bonchev–Trinajstić information content (AvgIpc) is 1.60. The fourth-order valence-corrected chi connectivity index (χ4v) is 1.59. The molecule has 0 fully saturated rings. The van der Waals surface area contributed by atoms with Crippen molar-refractivity contribution in [2.75, 3.05) is 12.9 Å². The zero-order chi connectivity index (χ0) is 8.41. The topological polar surface area (TPSA) is 46.2 Å². The van der Waals surface area contributed by atoms with Gasteiger partial charge in [0, 0.05) is 0 Å². The van der Waals surface area contributed by atoms with Crippen LogP contribution in [0.4, 0.5) is 4.39 Å². The molecule has 0 spiro atoms. The Morgan fingerprint density at radius 1 is 1.50 bits per heavy atom. The second kappa shape index (κ2) is 2.84. The predicted octanol–water partition coefficient (Wildman–Crippen LogP) is 0.284. The molecule has 0 rings (SSSR count). The Kier molecular flexibility index (Phi) is 2.79. The van der Waals surface area contributed by atoms with Crippen LogP contribution in [-0.2, 0) is 10.0 Å². The van der Waals surface area contributed by atoms with E-state index >= 15 is 0 Å². The summed E-state index contributed by atoms with van der Waals surface area (Å²) in [6.07, 6.45) is 1.00. The standard InChI is InChI=1S/C5H12FNO2S/c1-5(2,4-6)7-10(3,8)9/h7H,4H2,1-3H3. The Hall–Kier alpha value is -0.160. The van der Waals surface area contributed by atoms with Gasteiger partial charge in [0.05, 0.1) is 11.8 Å². The molecule has 0 aromatic carbocycles. The lowest BCUT2D eigenvalue weighted by Crippen LogP contribution is -2.44. The van der Waals surface area contributed by atoms with Crippen molar-refractivity contribution >= 4 is 10.0 Å². The van der Waals surface area contributed by atoms with Crippen LogP contribution in [0.3, 0.4) is 0 Å². The normalized spacial score (nSPS) is 13.6. The zero-order valence-corrected chi connectivity index (χ0v) is 7.13. The van der Waals surface area contributed by atoms with E-state index in [1.165, 1.54) is 13.8 Å². The number of rotatable bonds is 3. The molecule has 0 amide bonds. The van der Waals surface area contributed by atoms with Crippen LogP contribution in [0.15, 0.2) is 0 Å². The maximum atomic E-state index is 12.0. The molecule has 0 aliphatic rings. The number of nitrogens with one attached hydrogen (secondary N) is 1. The van der Waals surface area contributed by atoms with Crippen molar-refractivity contribution in [2.24, 2.45) is 0 Å². The number of hydrogen-bond acceptors (Lipinski definition) is 2. The van der Waals surface area contributed by atoms with E-state index in [9.17, 15) is 12.8 Å². The summed E-state index contributed by atoms with van der Waals surface area (Å²) in [6, 6.07) is 0. The van der Waals surface area contributed by atoms with Crippen molar-refractivity contribution in [1.82, 2.24) is 4.72 Å². The quantitative estimate of drug-likeness (QED) is 0.659. The Balaban J connectivity index is 4.16. The van der Waals surface area contributed by atoms with Crippen LogP contribution in [0.2, 0.25) is 0 Å². The van der Waals surface area contributed by atoms with E-state index in [0.29, 0.717) is 0 Å². The molecule has 5 heteroatoms. The van der Waals surface area contributed by atoms with E-state index in [-0.39, 0.29) is 0 Å². The number of halogens is 1. The van der Waals surface area contributed by atoms with E-state index in [0.717, 1.165) is 6.26 Å². The minimum Gasteiger partial charge on any atom is -0.249 e. The van der Waals surface area contributed by atoms with Gasteiger partial charge in [-0.3, -0.25) is 0 Å². The highest BCUT2D eigenvalue weighted by Crippen LogP contribution is 2.03. The van der Waals surface area contributed by atoms with Gasteiger partial charge >= 0.3 is 0 Å². The zero-order valence-electron chi connectivity index (χ0n) is 6.31. The summed E-state index contributed by atoms with van der Waals surface area (Å²) in [7, 11) is -3.28. The summed E-state index contributed by atoms with van der Waals surface area (Å²) in [5.74, 6) is 0. The van der Waals surface area contributed by atoms with Gasteiger partial charge in [0.1, 0.15) is 6.67 Å². The van der Waals surface area contributed by atoms with Crippen molar-refractivity contribution < 1.29 is 12.8 Å². The first-order valence-electron chi connectivity index (χ1n) is 2.82. The molecule has 0 unspecified atom stereocenters. The number of hydrogen-bond donors (Lipinski definition) is 1. The molecule has 0 aromatic rings. The molecule has 0 aromatic heterocycles. The highest BCUT2D eigenvalue weighted by atomic mass is 32.2. The molecule has 0 heterocycles. The van der Waals surface area contributed by atoms with Crippen LogP contribution < -0.4 is 4.72 Å². The maximum absolute atomic E-state index is 12.0. The lowest BCUT2D eigenvalue weighted by molar-refractivity contribution is 0.326. The van der Waals surface area contributed by atoms with Crippen molar-refractivity contribution in [3.05, 3.63) is 0 Å². The summed E-state index contributed by atoms with van der Waals surface area (Å²) in [5, 5.41) is 0. The average molecular weight is 169 g/mol. The van der Waals surface area contributed by atoms with Gasteiger partial charge in [0.2, 0.25) is 10.0 Å². The van der Waals surface area contributed by atoms with Crippen LogP contribution in [0, 0.1) is 0 Å². The minimum atomic E-state index is -3.28. The molecule has 0 saturated heterocycles. The molecule has 0 bridgehead atoms. The van der Waals surface area contributed by atoms with Crippen molar-refractivity contribution in [3.8, 4) is 0 Å². The second-order valence-corrected chi connectivity index (χ2v) is 4.64. The first-order valence-corrected chi connectivity index (χ1v) is 4.71. The molecule has 62 valence electrons. The van der Waals surface area contributed by atoms with E-state index in [4.69, 9.17) is 0 Å². The van der Waals surface area contributed by atoms with Gasteiger partial charge in [-0.15, -0.1) is 0 Å². The van der Waals surface area contributed by atoms with Crippen LogP contribution in [0.5, 0.6) is 0 Å². The lowest BCUT2D eigenvalue weighted by atomic mass is 10.1. The van der Waals surface area contributed by atoms with Crippen molar-refractivity contribution in [1.29, 1.82) is 0 Å². The molecule has 0 saturated carbocycles. The number of alkyl halides is 1. The van der Waals surface area contributed by atoms with Gasteiger partial charge in [-0.1, -0.05) is 0 Å². The minimum absolute atomic E-state index is 0.708. The van der Waals surface area contributed by atoms with Gasteiger partial charge in [-0.25, -0.2) is 17.5 Å². The van der Waals surface area contributed by atoms with Gasteiger partial charge in [-0.05, 0) is 13.8 Å². The lowest BCUT2D eigenvalue weighted by Gasteiger charge is -2.20. The smallest absolute Gasteiger partial charge is 0.209 e. The third kappa shape index (κ3) is 4.69. The molecule has 0 aliphatic carbocycles. The van der Waals surface area contributed by atoms with Gasteiger partial charge in [0.25, 0.3) is 0 Å². The first kappa shape index (κ1) is 9.84. The first-order chi connectivity index (χ1) is 4.27. The molecule has 0 radical (unpaired) electrons. The predicted molar refractivity (Wildman–Crippen MR) is 38.0 cm³/mol. The van der Waals surface area contributed by atoms with Crippen LogP contribution in [0.1, 0.15) is 13.8 Å². The number of sulfonamides is 1. The van der Waals surface area contributed by atoms with Gasteiger partial charge in [-0.2, -0.15) is 0 Å². The monoisotopic (exact) mass is 169 g/mol. The van der Waals surface area contributed by atoms with E-state index < -0.39 is 22.2 Å². The molecule has 10 heavy (non-hydrogen) atoms. The van der Waals surface area contributed by atoms with Crippen LogP contribution >= 0.6 is 0 Å². The third-order valence-electron chi connectivity index (χ3n) is 0.796. The van der Waals surface area contributed by atoms with Crippen molar-refractivity contribution in [2.45, 2.75) is 19.4 Å². The van der Waals surface area contributed by atoms with Crippen molar-refractivity contribution in [3.63, 3.8) is 0 Å². The molecular formula is C5H12FNO2S. The van der Waals surface area contributed by atoms with Gasteiger partial charge < -0.3 is 0 Å². The summed E-state index contributed by atoms with van der Waals surface area (Å²) in [5.41, 5.74) is -0.979. The summed E-state index contributed by atoms with van der Waals surface area (Å²) < 4.78 is 35.2. The highest BCUT2D eigenvalue weighted by molar-refractivity contribution is 7.88.